The summed E-state index contributed by atoms with van der Waals surface area (Å²) in [4.78, 5) is 14.7. The first-order valence-corrected chi connectivity index (χ1v) is 7.08. The molecule has 19 heavy (non-hydrogen) atoms. The van der Waals surface area contributed by atoms with E-state index in [1.54, 1.807) is 0 Å². The van der Waals surface area contributed by atoms with Crippen LogP contribution in [-0.2, 0) is 6.54 Å². The van der Waals surface area contributed by atoms with Crippen LogP contribution < -0.4 is 11.1 Å². The molecule has 4 nitrogen and oxygen atoms in total. The molecule has 4 rings (SSSR count). The van der Waals surface area contributed by atoms with Crippen molar-refractivity contribution in [3.05, 3.63) is 35.4 Å². The van der Waals surface area contributed by atoms with E-state index in [0.29, 0.717) is 18.5 Å². The van der Waals surface area contributed by atoms with Crippen LogP contribution >= 0.6 is 0 Å². The third-order valence-corrected chi connectivity index (χ3v) is 4.40. The Labute approximate surface area is 114 Å². The highest BCUT2D eigenvalue weighted by Gasteiger charge is 2.34. The van der Waals surface area contributed by atoms with Crippen LogP contribution in [0.1, 0.15) is 28.8 Å². The predicted molar refractivity (Wildman–Crippen MR) is 74.8 cm³/mol. The molecule has 3 fully saturated rings. The molecule has 1 atom stereocenters. The van der Waals surface area contributed by atoms with Gasteiger partial charge in [-0.3, -0.25) is 4.79 Å². The first-order valence-electron chi connectivity index (χ1n) is 7.08. The van der Waals surface area contributed by atoms with Crippen molar-refractivity contribution in [1.82, 2.24) is 10.2 Å². The monoisotopic (exact) mass is 259 g/mol. The average Bonchev–Trinajstić information content (AvgIpc) is 2.48. The molecule has 0 aromatic heterocycles. The number of piperidine rings is 3. The van der Waals surface area contributed by atoms with E-state index in [1.807, 2.05) is 24.3 Å². The molecular weight excluding hydrogens is 238 g/mol. The molecule has 0 saturated carbocycles. The van der Waals surface area contributed by atoms with Gasteiger partial charge in [0.1, 0.15) is 0 Å². The van der Waals surface area contributed by atoms with Crippen molar-refractivity contribution in [3.63, 3.8) is 0 Å². The van der Waals surface area contributed by atoms with Gasteiger partial charge in [-0.05, 0) is 49.5 Å². The zero-order chi connectivity index (χ0) is 13.2. The van der Waals surface area contributed by atoms with Gasteiger partial charge in [0.05, 0.1) is 0 Å². The van der Waals surface area contributed by atoms with E-state index in [1.165, 1.54) is 25.9 Å². The van der Waals surface area contributed by atoms with Crippen molar-refractivity contribution in [3.8, 4) is 0 Å². The third-order valence-electron chi connectivity index (χ3n) is 4.40. The first kappa shape index (κ1) is 12.6. The highest BCUT2D eigenvalue weighted by molar-refractivity contribution is 5.94. The Morgan fingerprint density at radius 2 is 2.16 bits per heavy atom. The number of nitrogens with two attached hydrogens (primary N) is 1. The summed E-state index contributed by atoms with van der Waals surface area (Å²) in [5.41, 5.74) is 7.34. The number of fused-ring (bicyclic) bond motifs is 3. The summed E-state index contributed by atoms with van der Waals surface area (Å²) in [5.74, 6) is 0.695. The van der Waals surface area contributed by atoms with Crippen molar-refractivity contribution in [2.75, 3.05) is 19.6 Å². The van der Waals surface area contributed by atoms with Crippen LogP contribution in [0.3, 0.4) is 0 Å². The van der Waals surface area contributed by atoms with Crippen molar-refractivity contribution in [2.45, 2.75) is 25.4 Å². The first-order chi connectivity index (χ1) is 9.26. The maximum Gasteiger partial charge on any atom is 0.251 e. The van der Waals surface area contributed by atoms with Gasteiger partial charge in [0.15, 0.2) is 0 Å². The van der Waals surface area contributed by atoms with E-state index in [4.69, 9.17) is 5.73 Å². The van der Waals surface area contributed by atoms with E-state index in [9.17, 15) is 4.79 Å². The number of rotatable bonds is 3. The lowest BCUT2D eigenvalue weighted by molar-refractivity contribution is 0.0620. The Hall–Kier alpha value is -1.39. The molecule has 0 aliphatic carbocycles. The van der Waals surface area contributed by atoms with Gasteiger partial charge in [0.2, 0.25) is 0 Å². The second-order valence-corrected chi connectivity index (χ2v) is 5.62. The summed E-state index contributed by atoms with van der Waals surface area (Å²) >= 11 is 0. The zero-order valence-electron chi connectivity index (χ0n) is 11.1. The number of nitrogens with zero attached hydrogens (tertiary/aromatic N) is 1. The Kier molecular flexibility index (Phi) is 3.53. The van der Waals surface area contributed by atoms with E-state index in [2.05, 4.69) is 10.2 Å². The lowest BCUT2D eigenvalue weighted by Gasteiger charge is -2.44. The second kappa shape index (κ2) is 5.31. The van der Waals surface area contributed by atoms with Gasteiger partial charge in [0.25, 0.3) is 5.91 Å². The topological polar surface area (TPSA) is 58.4 Å². The molecule has 4 heteroatoms. The highest BCUT2D eigenvalue weighted by Crippen LogP contribution is 2.27. The number of carbonyl (C=O) groups excluding carboxylic acids is 1. The van der Waals surface area contributed by atoms with Gasteiger partial charge in [-0.2, -0.15) is 0 Å². The smallest absolute Gasteiger partial charge is 0.251 e. The summed E-state index contributed by atoms with van der Waals surface area (Å²) in [6.07, 6.45) is 2.43. The van der Waals surface area contributed by atoms with Crippen LogP contribution in [-0.4, -0.2) is 36.5 Å². The number of amides is 1. The van der Waals surface area contributed by atoms with Crippen molar-refractivity contribution in [2.24, 2.45) is 11.7 Å². The molecular formula is C15H21N3O. The van der Waals surface area contributed by atoms with E-state index in [-0.39, 0.29) is 5.91 Å². The average molecular weight is 259 g/mol. The van der Waals surface area contributed by atoms with Gasteiger partial charge in [-0.1, -0.05) is 12.1 Å². The number of carbonyl (C=O) groups is 1. The largest absolute Gasteiger partial charge is 0.348 e. The molecule has 0 spiro atoms. The minimum atomic E-state index is 0.0362. The molecule has 102 valence electrons. The zero-order valence-corrected chi connectivity index (χ0v) is 11.1. The standard InChI is InChI=1S/C15H21N3O/c16-9-11-2-1-3-13(8-11)15(19)17-14-10-18-6-4-12(14)5-7-18/h1-3,8,12,14H,4-7,9-10,16H2,(H,17,19). The maximum absolute atomic E-state index is 12.3. The number of nitrogens with one attached hydrogen (secondary N) is 1. The molecule has 3 aliphatic heterocycles. The molecule has 3 aliphatic rings. The van der Waals surface area contributed by atoms with Gasteiger partial charge in [-0.25, -0.2) is 0 Å². The molecule has 3 saturated heterocycles. The molecule has 1 aromatic rings. The summed E-state index contributed by atoms with van der Waals surface area (Å²) in [5, 5.41) is 3.20. The van der Waals surface area contributed by atoms with Crippen molar-refractivity contribution in [1.29, 1.82) is 0 Å². The molecule has 1 amide bonds. The molecule has 2 bridgehead atoms. The van der Waals surface area contributed by atoms with E-state index in [0.717, 1.165) is 17.7 Å². The Bertz CT molecular complexity index is 466. The second-order valence-electron chi connectivity index (χ2n) is 5.62. The van der Waals surface area contributed by atoms with E-state index >= 15 is 0 Å². The van der Waals surface area contributed by atoms with Gasteiger partial charge < -0.3 is 16.0 Å². The Morgan fingerprint density at radius 1 is 1.37 bits per heavy atom. The maximum atomic E-state index is 12.3. The summed E-state index contributed by atoms with van der Waals surface area (Å²) in [7, 11) is 0. The van der Waals surface area contributed by atoms with Crippen LogP contribution in [0.5, 0.6) is 0 Å². The molecule has 3 heterocycles. The quantitative estimate of drug-likeness (QED) is 0.850. The van der Waals surface area contributed by atoms with Crippen molar-refractivity contribution >= 4 is 5.91 Å². The van der Waals surface area contributed by atoms with Crippen LogP contribution in [0, 0.1) is 5.92 Å². The van der Waals surface area contributed by atoms with E-state index < -0.39 is 0 Å². The predicted octanol–water partition coefficient (Wildman–Crippen LogP) is 0.969. The van der Waals surface area contributed by atoms with Gasteiger partial charge in [-0.15, -0.1) is 0 Å². The fourth-order valence-electron chi connectivity index (χ4n) is 3.22. The summed E-state index contributed by atoms with van der Waals surface area (Å²) in [6.45, 7) is 3.87. The van der Waals surface area contributed by atoms with Crippen LogP contribution in [0.4, 0.5) is 0 Å². The minimum absolute atomic E-state index is 0.0362. The van der Waals surface area contributed by atoms with Crippen LogP contribution in [0.2, 0.25) is 0 Å². The van der Waals surface area contributed by atoms with Gasteiger partial charge >= 0.3 is 0 Å². The Balaban J connectivity index is 1.67. The summed E-state index contributed by atoms with van der Waals surface area (Å²) < 4.78 is 0. The number of hydrogen-bond acceptors (Lipinski definition) is 3. The minimum Gasteiger partial charge on any atom is -0.348 e. The lowest BCUT2D eigenvalue weighted by Crippen LogP contribution is -2.57. The number of hydrogen-bond donors (Lipinski definition) is 2. The fourth-order valence-corrected chi connectivity index (χ4v) is 3.22. The summed E-state index contributed by atoms with van der Waals surface area (Å²) in [6, 6.07) is 7.90. The number of benzene rings is 1. The molecule has 1 aromatic carbocycles. The third kappa shape index (κ3) is 2.65. The SMILES string of the molecule is NCc1cccc(C(=O)NC2CN3CCC2CC3)c1. The highest BCUT2D eigenvalue weighted by atomic mass is 16.1. The Morgan fingerprint density at radius 3 is 2.79 bits per heavy atom. The van der Waals surface area contributed by atoms with Crippen LogP contribution in [0.15, 0.2) is 24.3 Å². The fraction of sp³-hybridized carbons (Fsp3) is 0.533. The lowest BCUT2D eigenvalue weighted by atomic mass is 9.84. The van der Waals surface area contributed by atoms with Gasteiger partial charge in [0, 0.05) is 24.7 Å². The molecule has 0 radical (unpaired) electrons. The van der Waals surface area contributed by atoms with Crippen molar-refractivity contribution < 1.29 is 4.79 Å². The van der Waals surface area contributed by atoms with Crippen LogP contribution in [0.25, 0.3) is 0 Å². The molecule has 3 N–H and O–H groups in total. The normalized spacial score (nSPS) is 29.2. The molecule has 1 unspecified atom stereocenters.